The summed E-state index contributed by atoms with van der Waals surface area (Å²) in [7, 11) is 2.23. The minimum absolute atomic E-state index is 0.664. The fourth-order valence-corrected chi connectivity index (χ4v) is 5.32. The molecule has 0 spiro atoms. The van der Waals surface area contributed by atoms with Crippen molar-refractivity contribution in [1.82, 2.24) is 35.5 Å². The van der Waals surface area contributed by atoms with Gasteiger partial charge >= 0.3 is 0 Å². The predicted octanol–water partition coefficient (Wildman–Crippen LogP) is 5.34. The second-order valence-corrected chi connectivity index (χ2v) is 10.5. The summed E-state index contributed by atoms with van der Waals surface area (Å²) in [6.45, 7) is 8.07. The topological polar surface area (TPSA) is 98.8 Å². The lowest BCUT2D eigenvalue weighted by Crippen LogP contribution is -2.28. The Labute approximate surface area is 231 Å². The molecule has 0 bridgehead atoms. The van der Waals surface area contributed by atoms with Crippen LogP contribution in [0.15, 0.2) is 54.6 Å². The van der Waals surface area contributed by atoms with E-state index in [2.05, 4.69) is 93.0 Å². The fraction of sp³-hybridized carbons (Fsp3) is 0.433. The van der Waals surface area contributed by atoms with Gasteiger partial charge in [-0.15, -0.1) is 5.10 Å². The first kappa shape index (κ1) is 26.7. The average molecular weight is 526 g/mol. The maximum atomic E-state index is 4.94. The summed E-state index contributed by atoms with van der Waals surface area (Å²) in [6.07, 6.45) is 5.94. The van der Waals surface area contributed by atoms with Crippen LogP contribution in [0.3, 0.4) is 0 Å². The highest BCUT2D eigenvalue weighted by atomic mass is 15.5. The van der Waals surface area contributed by atoms with Crippen LogP contribution in [0.25, 0.3) is 22.5 Å². The molecule has 1 aliphatic rings. The van der Waals surface area contributed by atoms with Gasteiger partial charge in [-0.25, -0.2) is 10.1 Å². The third kappa shape index (κ3) is 6.78. The van der Waals surface area contributed by atoms with Crippen LogP contribution < -0.4 is 10.2 Å². The lowest BCUT2D eigenvalue weighted by Gasteiger charge is -2.24. The van der Waals surface area contributed by atoms with Gasteiger partial charge in [0.2, 0.25) is 5.95 Å². The first-order chi connectivity index (χ1) is 19.1. The molecule has 2 aromatic heterocycles. The largest absolute Gasteiger partial charge is 0.370 e. The minimum atomic E-state index is 0.664. The first-order valence-corrected chi connectivity index (χ1v) is 14.1. The molecule has 39 heavy (non-hydrogen) atoms. The van der Waals surface area contributed by atoms with Gasteiger partial charge in [-0.1, -0.05) is 61.9 Å². The molecule has 1 saturated heterocycles. The van der Waals surface area contributed by atoms with Crippen molar-refractivity contribution in [3.63, 3.8) is 0 Å². The van der Waals surface area contributed by atoms with Gasteiger partial charge in [-0.3, -0.25) is 0 Å². The minimum Gasteiger partial charge on any atom is -0.370 e. The molecular weight excluding hydrogens is 486 g/mol. The Morgan fingerprint density at radius 2 is 1.90 bits per heavy atom. The Morgan fingerprint density at radius 3 is 2.62 bits per heavy atom. The van der Waals surface area contributed by atoms with Crippen LogP contribution in [0.2, 0.25) is 0 Å². The summed E-state index contributed by atoms with van der Waals surface area (Å²) in [4.78, 5) is 14.5. The van der Waals surface area contributed by atoms with E-state index in [1.54, 1.807) is 0 Å². The molecule has 1 unspecified atom stereocenters. The molecule has 4 aromatic rings. The number of tetrazole rings is 1. The van der Waals surface area contributed by atoms with Crippen molar-refractivity contribution in [3.8, 4) is 22.5 Å². The number of H-pyrrole nitrogens is 1. The maximum Gasteiger partial charge on any atom is 0.227 e. The van der Waals surface area contributed by atoms with E-state index in [9.17, 15) is 0 Å². The second-order valence-electron chi connectivity index (χ2n) is 10.5. The Hall–Kier alpha value is -3.85. The average Bonchev–Trinajstić information content (AvgIpc) is 3.63. The highest BCUT2D eigenvalue weighted by Crippen LogP contribution is 2.30. The zero-order valence-electron chi connectivity index (χ0n) is 23.3. The van der Waals surface area contributed by atoms with Gasteiger partial charge in [0.1, 0.15) is 5.82 Å². The Balaban J connectivity index is 1.30. The zero-order valence-corrected chi connectivity index (χ0v) is 23.3. The van der Waals surface area contributed by atoms with Crippen LogP contribution in [-0.2, 0) is 6.54 Å². The molecule has 0 amide bonds. The summed E-state index contributed by atoms with van der Waals surface area (Å²) in [6, 6.07) is 19.6. The van der Waals surface area contributed by atoms with Crippen LogP contribution in [0.1, 0.15) is 50.3 Å². The molecule has 0 radical (unpaired) electrons. The molecular formula is C30H39N9. The summed E-state index contributed by atoms with van der Waals surface area (Å²) in [5.74, 6) is 2.36. The number of aromatic amines is 1. The maximum absolute atomic E-state index is 4.94. The van der Waals surface area contributed by atoms with Crippen LogP contribution in [0.4, 0.5) is 11.8 Å². The number of rotatable bonds is 12. The van der Waals surface area contributed by atoms with Crippen molar-refractivity contribution < 1.29 is 0 Å². The molecule has 3 heterocycles. The van der Waals surface area contributed by atoms with E-state index in [-0.39, 0.29) is 0 Å². The molecule has 0 saturated carbocycles. The number of nitrogens with one attached hydrogen (secondary N) is 2. The molecule has 9 nitrogen and oxygen atoms in total. The SMILES string of the molecule is CCCCN(Cc1ccc(-c2ccccc2-c2nnn[nH]2)cc1)c1nc(C)cc(NCCC2CCCN2C)n1. The van der Waals surface area contributed by atoms with E-state index in [1.807, 2.05) is 18.2 Å². The Bertz CT molecular complexity index is 1320. The summed E-state index contributed by atoms with van der Waals surface area (Å²) in [5, 5.41) is 18.0. The van der Waals surface area contributed by atoms with Gasteiger partial charge < -0.3 is 15.1 Å². The normalized spacial score (nSPS) is 15.5. The lowest BCUT2D eigenvalue weighted by atomic mass is 9.98. The number of likely N-dealkylation sites (tertiary alicyclic amines) is 1. The number of benzene rings is 2. The third-order valence-electron chi connectivity index (χ3n) is 7.53. The summed E-state index contributed by atoms with van der Waals surface area (Å²) in [5.41, 5.74) is 5.39. The summed E-state index contributed by atoms with van der Waals surface area (Å²) < 4.78 is 0. The van der Waals surface area contributed by atoms with Crippen molar-refractivity contribution >= 4 is 11.8 Å². The first-order valence-electron chi connectivity index (χ1n) is 14.1. The van der Waals surface area contributed by atoms with Gasteiger partial charge in [0.05, 0.1) is 0 Å². The molecule has 2 aromatic carbocycles. The molecule has 204 valence electrons. The van der Waals surface area contributed by atoms with Crippen molar-refractivity contribution in [2.75, 3.05) is 36.9 Å². The van der Waals surface area contributed by atoms with Crippen LogP contribution in [-0.4, -0.2) is 68.2 Å². The number of unbranched alkanes of at least 4 members (excludes halogenated alkanes) is 1. The van der Waals surface area contributed by atoms with E-state index in [0.29, 0.717) is 11.9 Å². The van der Waals surface area contributed by atoms with Crippen molar-refractivity contribution in [2.24, 2.45) is 0 Å². The molecule has 1 atom stereocenters. The van der Waals surface area contributed by atoms with E-state index >= 15 is 0 Å². The number of nitrogens with zero attached hydrogens (tertiary/aromatic N) is 7. The number of anilines is 2. The number of hydrogen-bond donors (Lipinski definition) is 2. The molecule has 2 N–H and O–H groups in total. The van der Waals surface area contributed by atoms with E-state index in [0.717, 1.165) is 73.0 Å². The van der Waals surface area contributed by atoms with E-state index in [4.69, 9.17) is 9.97 Å². The predicted molar refractivity (Wildman–Crippen MR) is 157 cm³/mol. The zero-order chi connectivity index (χ0) is 27.0. The number of aromatic nitrogens is 6. The summed E-state index contributed by atoms with van der Waals surface area (Å²) >= 11 is 0. The Kier molecular flexibility index (Phi) is 8.78. The quantitative estimate of drug-likeness (QED) is 0.256. The van der Waals surface area contributed by atoms with Crippen LogP contribution in [0, 0.1) is 6.92 Å². The van der Waals surface area contributed by atoms with Gasteiger partial charge in [0.15, 0.2) is 5.82 Å². The van der Waals surface area contributed by atoms with Gasteiger partial charge in [0.25, 0.3) is 0 Å². The molecule has 0 aliphatic carbocycles. The monoisotopic (exact) mass is 525 g/mol. The standard InChI is InChI=1S/C30H39N9/c1-4-5-19-39(30-32-22(2)20-28(33-30)31-17-16-25-9-8-18-38(25)3)21-23-12-14-24(15-13-23)26-10-6-7-11-27(26)29-34-36-37-35-29/h6-7,10-15,20,25H,4-5,8-9,16-19,21H2,1-3H3,(H,31,32,33)(H,34,35,36,37). The van der Waals surface area contributed by atoms with Crippen LogP contribution >= 0.6 is 0 Å². The van der Waals surface area contributed by atoms with Gasteiger partial charge in [-0.2, -0.15) is 4.98 Å². The number of hydrogen-bond acceptors (Lipinski definition) is 8. The highest BCUT2D eigenvalue weighted by Gasteiger charge is 2.20. The van der Waals surface area contributed by atoms with Crippen molar-refractivity contribution in [3.05, 3.63) is 65.9 Å². The van der Waals surface area contributed by atoms with Gasteiger partial charge in [-0.05, 0) is 73.3 Å². The van der Waals surface area contributed by atoms with Crippen molar-refractivity contribution in [2.45, 2.75) is 58.5 Å². The van der Waals surface area contributed by atoms with Crippen LogP contribution in [0.5, 0.6) is 0 Å². The lowest BCUT2D eigenvalue weighted by molar-refractivity contribution is 0.301. The molecule has 1 aliphatic heterocycles. The molecule has 5 rings (SSSR count). The molecule has 9 heteroatoms. The number of aryl methyl sites for hydroxylation is 1. The van der Waals surface area contributed by atoms with E-state index < -0.39 is 0 Å². The smallest absolute Gasteiger partial charge is 0.227 e. The second kappa shape index (κ2) is 12.8. The highest BCUT2D eigenvalue weighted by molar-refractivity contribution is 5.80. The third-order valence-corrected chi connectivity index (χ3v) is 7.53. The van der Waals surface area contributed by atoms with Crippen molar-refractivity contribution in [1.29, 1.82) is 0 Å². The Morgan fingerprint density at radius 1 is 1.08 bits per heavy atom. The fourth-order valence-electron chi connectivity index (χ4n) is 5.32. The van der Waals surface area contributed by atoms with E-state index in [1.165, 1.54) is 24.9 Å². The van der Waals surface area contributed by atoms with Gasteiger partial charge in [0, 0.05) is 43.0 Å². The molecule has 1 fully saturated rings.